The lowest BCUT2D eigenvalue weighted by molar-refractivity contribution is 0.122. The molecule has 0 saturated carbocycles. The molecule has 1 aromatic rings. The molecule has 1 rings (SSSR count). The van der Waals surface area contributed by atoms with Gasteiger partial charge in [0, 0.05) is 11.1 Å². The number of nitrogens with two attached hydrogens (primary N) is 1. The van der Waals surface area contributed by atoms with Gasteiger partial charge < -0.3 is 9.84 Å². The molecule has 0 atom stereocenters. The van der Waals surface area contributed by atoms with Crippen molar-refractivity contribution >= 4 is 15.9 Å². The van der Waals surface area contributed by atoms with Crippen molar-refractivity contribution in [2.75, 3.05) is 7.11 Å². The second-order valence-electron chi connectivity index (χ2n) is 2.84. The monoisotopic (exact) mass is 261 g/mol. The van der Waals surface area contributed by atoms with Crippen LogP contribution in [0.1, 0.15) is 11.1 Å². The van der Waals surface area contributed by atoms with Crippen LogP contribution in [-0.4, -0.2) is 12.2 Å². The van der Waals surface area contributed by atoms with Gasteiger partial charge in [-0.15, -0.1) is 0 Å². The molecule has 3 N–H and O–H groups in total. The van der Waals surface area contributed by atoms with E-state index in [1.165, 1.54) is 0 Å². The number of aromatic hydroxyl groups is 1. The van der Waals surface area contributed by atoms with Crippen LogP contribution in [0.2, 0.25) is 0 Å². The third-order valence-corrected chi connectivity index (χ3v) is 2.55. The molecule has 0 heterocycles. The van der Waals surface area contributed by atoms with Crippen molar-refractivity contribution in [3.05, 3.63) is 21.7 Å². The molecule has 1 aromatic carbocycles. The number of phenols is 1. The number of hydrogen-bond acceptors (Lipinski definition) is 4. The average Bonchev–Trinajstić information content (AvgIpc) is 2.15. The zero-order chi connectivity index (χ0) is 10.7. The van der Waals surface area contributed by atoms with Crippen molar-refractivity contribution in [2.24, 2.45) is 5.90 Å². The zero-order valence-electron chi connectivity index (χ0n) is 8.00. The molecule has 0 aliphatic heterocycles. The molecule has 4 nitrogen and oxygen atoms in total. The van der Waals surface area contributed by atoms with E-state index in [1.807, 2.05) is 0 Å². The minimum Gasteiger partial charge on any atom is -0.507 e. The lowest BCUT2D eigenvalue weighted by Crippen LogP contribution is -2.01. The number of benzene rings is 1. The zero-order valence-corrected chi connectivity index (χ0v) is 9.59. The Bertz CT molecular complexity index is 341. The van der Waals surface area contributed by atoms with E-state index in [-0.39, 0.29) is 12.4 Å². The maximum Gasteiger partial charge on any atom is 0.139 e. The van der Waals surface area contributed by atoms with E-state index in [1.54, 1.807) is 20.1 Å². The lowest BCUT2D eigenvalue weighted by Gasteiger charge is -2.12. The Morgan fingerprint density at radius 2 is 2.21 bits per heavy atom. The summed E-state index contributed by atoms with van der Waals surface area (Å²) >= 11 is 3.33. The van der Waals surface area contributed by atoms with Gasteiger partial charge in [-0.1, -0.05) is 0 Å². The largest absolute Gasteiger partial charge is 0.507 e. The first kappa shape index (κ1) is 11.3. The van der Waals surface area contributed by atoms with Gasteiger partial charge in [-0.25, -0.2) is 5.90 Å². The fraction of sp³-hybridized carbons (Fsp3) is 0.333. The van der Waals surface area contributed by atoms with Crippen molar-refractivity contribution in [3.63, 3.8) is 0 Å². The second-order valence-corrected chi connectivity index (χ2v) is 3.69. The molecule has 5 heteroatoms. The average molecular weight is 262 g/mol. The Balaban J connectivity index is 3.25. The van der Waals surface area contributed by atoms with Gasteiger partial charge in [-0.05, 0) is 28.9 Å². The first-order chi connectivity index (χ1) is 6.61. The van der Waals surface area contributed by atoms with Gasteiger partial charge in [0.15, 0.2) is 0 Å². The van der Waals surface area contributed by atoms with E-state index in [0.29, 0.717) is 16.9 Å². The smallest absolute Gasteiger partial charge is 0.139 e. The standard InChI is InChI=1S/C9H12BrNO3/c1-5-8(12)6(4-14-11)3-7(10)9(5)13-2/h3,12H,4,11H2,1-2H3. The fourth-order valence-corrected chi connectivity index (χ4v) is 2.00. The maximum atomic E-state index is 9.73. The molecule has 0 spiro atoms. The lowest BCUT2D eigenvalue weighted by atomic mass is 10.1. The predicted octanol–water partition coefficient (Wildman–Crippen LogP) is 1.86. The van der Waals surface area contributed by atoms with Gasteiger partial charge in [0.05, 0.1) is 18.2 Å². The quantitative estimate of drug-likeness (QED) is 0.816. The number of phenolic OH excluding ortho intramolecular Hbond substituents is 1. The molecule has 0 unspecified atom stereocenters. The van der Waals surface area contributed by atoms with Crippen molar-refractivity contribution in [2.45, 2.75) is 13.5 Å². The summed E-state index contributed by atoms with van der Waals surface area (Å²) in [5, 5.41) is 9.73. The summed E-state index contributed by atoms with van der Waals surface area (Å²) in [6.45, 7) is 1.92. The Hall–Kier alpha value is -0.780. The highest BCUT2D eigenvalue weighted by atomic mass is 79.9. The molecule has 0 fully saturated rings. The van der Waals surface area contributed by atoms with Crippen molar-refractivity contribution < 1.29 is 14.7 Å². The highest BCUT2D eigenvalue weighted by molar-refractivity contribution is 9.10. The van der Waals surface area contributed by atoms with Gasteiger partial charge in [0.25, 0.3) is 0 Å². The minimum atomic E-state index is 0.149. The summed E-state index contributed by atoms with van der Waals surface area (Å²) in [6.07, 6.45) is 0. The first-order valence-corrected chi connectivity index (χ1v) is 4.77. The molecule has 0 aliphatic carbocycles. The molecular formula is C9H12BrNO3. The Labute approximate surface area is 90.7 Å². The van der Waals surface area contributed by atoms with E-state index in [0.717, 1.165) is 4.47 Å². The van der Waals surface area contributed by atoms with Crippen LogP contribution in [-0.2, 0) is 11.4 Å². The van der Waals surface area contributed by atoms with E-state index < -0.39 is 0 Å². The molecule has 0 amide bonds. The molecule has 0 radical (unpaired) electrons. The first-order valence-electron chi connectivity index (χ1n) is 3.98. The van der Waals surface area contributed by atoms with Gasteiger partial charge >= 0.3 is 0 Å². The summed E-state index contributed by atoms with van der Waals surface area (Å²) in [5.74, 6) is 5.71. The van der Waals surface area contributed by atoms with Crippen LogP contribution in [0.4, 0.5) is 0 Å². The molecule has 0 saturated heterocycles. The number of halogens is 1. The summed E-state index contributed by atoms with van der Waals surface area (Å²) in [6, 6.07) is 1.72. The molecular weight excluding hydrogens is 250 g/mol. The van der Waals surface area contributed by atoms with Crippen molar-refractivity contribution in [1.29, 1.82) is 0 Å². The molecule has 0 bridgehead atoms. The third kappa shape index (κ3) is 2.00. The van der Waals surface area contributed by atoms with Gasteiger partial charge in [0.2, 0.25) is 0 Å². The van der Waals surface area contributed by atoms with Gasteiger partial charge in [0.1, 0.15) is 11.5 Å². The van der Waals surface area contributed by atoms with Crippen LogP contribution in [0.25, 0.3) is 0 Å². The number of methoxy groups -OCH3 is 1. The molecule has 78 valence electrons. The second kappa shape index (κ2) is 4.63. The van der Waals surface area contributed by atoms with Crippen LogP contribution in [0.3, 0.4) is 0 Å². The molecule has 14 heavy (non-hydrogen) atoms. The van der Waals surface area contributed by atoms with Crippen LogP contribution in [0.5, 0.6) is 11.5 Å². The van der Waals surface area contributed by atoms with Gasteiger partial charge in [-0.3, -0.25) is 4.84 Å². The van der Waals surface area contributed by atoms with Crippen LogP contribution >= 0.6 is 15.9 Å². The summed E-state index contributed by atoms with van der Waals surface area (Å²) in [4.78, 5) is 4.47. The normalized spacial score (nSPS) is 10.3. The van der Waals surface area contributed by atoms with E-state index in [9.17, 15) is 5.11 Å². The van der Waals surface area contributed by atoms with Crippen LogP contribution < -0.4 is 10.6 Å². The topological polar surface area (TPSA) is 64.7 Å². The molecule has 0 aliphatic rings. The highest BCUT2D eigenvalue weighted by Crippen LogP contribution is 2.37. The maximum absolute atomic E-state index is 9.73. The fourth-order valence-electron chi connectivity index (χ4n) is 1.26. The van der Waals surface area contributed by atoms with Crippen molar-refractivity contribution in [3.8, 4) is 11.5 Å². The highest BCUT2D eigenvalue weighted by Gasteiger charge is 2.13. The van der Waals surface area contributed by atoms with E-state index in [4.69, 9.17) is 10.6 Å². The van der Waals surface area contributed by atoms with Crippen LogP contribution in [0.15, 0.2) is 10.5 Å². The third-order valence-electron chi connectivity index (χ3n) is 1.96. The van der Waals surface area contributed by atoms with Gasteiger partial charge in [-0.2, -0.15) is 0 Å². The van der Waals surface area contributed by atoms with Crippen LogP contribution in [0, 0.1) is 6.92 Å². The SMILES string of the molecule is COc1c(Br)cc(CON)c(O)c1C. The van der Waals surface area contributed by atoms with Crippen molar-refractivity contribution in [1.82, 2.24) is 0 Å². The number of ether oxygens (including phenoxy) is 1. The number of rotatable bonds is 3. The Kier molecular flexibility index (Phi) is 3.74. The Morgan fingerprint density at radius 1 is 1.57 bits per heavy atom. The summed E-state index contributed by atoms with van der Waals surface area (Å²) in [7, 11) is 1.55. The number of hydrogen-bond donors (Lipinski definition) is 2. The molecule has 0 aromatic heterocycles. The summed E-state index contributed by atoms with van der Waals surface area (Å²) < 4.78 is 5.88. The Morgan fingerprint density at radius 3 is 2.71 bits per heavy atom. The summed E-state index contributed by atoms with van der Waals surface area (Å²) in [5.41, 5.74) is 1.28. The minimum absolute atomic E-state index is 0.149. The van der Waals surface area contributed by atoms with E-state index in [2.05, 4.69) is 20.8 Å². The predicted molar refractivity (Wildman–Crippen MR) is 56.1 cm³/mol. The van der Waals surface area contributed by atoms with E-state index >= 15 is 0 Å².